The summed E-state index contributed by atoms with van der Waals surface area (Å²) in [6.07, 6.45) is -11.8. The van der Waals surface area contributed by atoms with Gasteiger partial charge in [-0.25, -0.2) is 0 Å². The Morgan fingerprint density at radius 2 is 1.50 bits per heavy atom. The van der Waals surface area contributed by atoms with Gasteiger partial charge in [-0.1, -0.05) is 19.9 Å². The Hall–Kier alpha value is -1.40. The van der Waals surface area contributed by atoms with Gasteiger partial charge in [0.1, 0.15) is 5.75 Å². The van der Waals surface area contributed by atoms with Gasteiger partial charge in [0.05, 0.1) is 5.56 Å². The molecule has 0 heterocycles. The van der Waals surface area contributed by atoms with Crippen molar-refractivity contribution in [1.29, 1.82) is 0 Å². The highest BCUT2D eigenvalue weighted by Gasteiger charge is 2.41. The molecule has 1 rings (SSSR count). The minimum absolute atomic E-state index is 0.176. The van der Waals surface area contributed by atoms with E-state index < -0.39 is 29.8 Å². The number of alkyl halides is 6. The first-order valence-electron chi connectivity index (χ1n) is 5.87. The van der Waals surface area contributed by atoms with Crippen molar-refractivity contribution in [2.24, 2.45) is 0 Å². The summed E-state index contributed by atoms with van der Waals surface area (Å²) in [5, 5.41) is 0. The van der Waals surface area contributed by atoms with E-state index in [1.165, 1.54) is 6.07 Å². The van der Waals surface area contributed by atoms with E-state index in [2.05, 4.69) is 4.74 Å². The lowest BCUT2D eigenvalue weighted by atomic mass is 10.00. The molecule has 0 radical (unpaired) electrons. The molecule has 0 N–H and O–H groups in total. The molecule has 114 valence electrons. The van der Waals surface area contributed by atoms with Crippen LogP contribution in [-0.4, -0.2) is 12.3 Å². The summed E-state index contributed by atoms with van der Waals surface area (Å²) in [6.45, 7) is 4.04. The molecule has 0 fully saturated rings. The molecule has 0 spiro atoms. The molecule has 1 aromatic rings. The van der Waals surface area contributed by atoms with Crippen LogP contribution < -0.4 is 4.74 Å². The Morgan fingerprint density at radius 1 is 0.950 bits per heavy atom. The van der Waals surface area contributed by atoms with Crippen LogP contribution in [0.5, 0.6) is 5.75 Å². The first kappa shape index (κ1) is 16.7. The highest BCUT2D eigenvalue weighted by Crippen LogP contribution is 2.39. The highest BCUT2D eigenvalue weighted by atomic mass is 19.4. The number of hydrogen-bond acceptors (Lipinski definition) is 1. The van der Waals surface area contributed by atoms with Gasteiger partial charge in [0.2, 0.25) is 0 Å². The summed E-state index contributed by atoms with van der Waals surface area (Å²) < 4.78 is 80.2. The second-order valence-electron chi connectivity index (χ2n) is 4.71. The fraction of sp³-hybridized carbons (Fsp3) is 0.538. The second-order valence-corrected chi connectivity index (χ2v) is 4.71. The first-order chi connectivity index (χ1) is 8.93. The zero-order chi connectivity index (χ0) is 15.7. The van der Waals surface area contributed by atoms with Crippen molar-refractivity contribution < 1.29 is 31.1 Å². The van der Waals surface area contributed by atoms with E-state index in [1.54, 1.807) is 13.8 Å². The molecule has 1 nitrogen and oxygen atoms in total. The molecule has 1 atom stereocenters. The third kappa shape index (κ3) is 4.05. The average Bonchev–Trinajstić information content (AvgIpc) is 2.26. The number of benzene rings is 1. The van der Waals surface area contributed by atoms with Gasteiger partial charge in [-0.05, 0) is 30.5 Å². The maximum Gasteiger partial charge on any atom is 0.425 e. The van der Waals surface area contributed by atoms with Crippen molar-refractivity contribution >= 4 is 0 Å². The van der Waals surface area contributed by atoms with Gasteiger partial charge in [0.25, 0.3) is 0 Å². The molecular weight excluding hydrogens is 286 g/mol. The fourth-order valence-corrected chi connectivity index (χ4v) is 1.49. The van der Waals surface area contributed by atoms with Crippen molar-refractivity contribution in [1.82, 2.24) is 0 Å². The number of halogens is 6. The highest BCUT2D eigenvalue weighted by molar-refractivity contribution is 5.40. The molecule has 1 aromatic carbocycles. The van der Waals surface area contributed by atoms with Gasteiger partial charge in [-0.15, -0.1) is 0 Å². The molecule has 0 saturated carbocycles. The maximum absolute atomic E-state index is 12.9. The molecule has 7 heteroatoms. The van der Waals surface area contributed by atoms with E-state index in [9.17, 15) is 26.3 Å². The van der Waals surface area contributed by atoms with Gasteiger partial charge in [-0.3, -0.25) is 0 Å². The van der Waals surface area contributed by atoms with E-state index >= 15 is 0 Å². The predicted octanol–water partition coefficient (Wildman–Crippen LogP) is 5.16. The first-order valence-corrected chi connectivity index (χ1v) is 5.87. The van der Waals surface area contributed by atoms with Crippen molar-refractivity contribution in [2.75, 3.05) is 0 Å². The lowest BCUT2D eigenvalue weighted by Crippen LogP contribution is -2.31. The molecule has 0 aromatic heterocycles. The summed E-state index contributed by atoms with van der Waals surface area (Å²) in [4.78, 5) is 0. The van der Waals surface area contributed by atoms with Crippen molar-refractivity contribution in [3.63, 3.8) is 0 Å². The van der Waals surface area contributed by atoms with Gasteiger partial charge in [0.15, 0.2) is 6.10 Å². The van der Waals surface area contributed by atoms with Gasteiger partial charge < -0.3 is 4.74 Å². The molecule has 20 heavy (non-hydrogen) atoms. The Labute approximate surface area is 112 Å². The van der Waals surface area contributed by atoms with Crippen LogP contribution >= 0.6 is 0 Å². The van der Waals surface area contributed by atoms with Crippen LogP contribution in [0.15, 0.2) is 18.2 Å². The van der Waals surface area contributed by atoms with E-state index in [0.29, 0.717) is 12.5 Å². The van der Waals surface area contributed by atoms with Crippen LogP contribution in [0.4, 0.5) is 26.3 Å². The minimum atomic E-state index is -4.77. The summed E-state index contributed by atoms with van der Waals surface area (Å²) >= 11 is 0. The van der Waals surface area contributed by atoms with E-state index in [1.807, 2.05) is 0 Å². The van der Waals surface area contributed by atoms with Crippen LogP contribution in [0.25, 0.3) is 0 Å². The summed E-state index contributed by atoms with van der Waals surface area (Å²) in [5.74, 6) is -0.989. The fourth-order valence-electron chi connectivity index (χ4n) is 1.49. The maximum atomic E-state index is 12.9. The van der Waals surface area contributed by atoms with Crippen molar-refractivity contribution in [2.45, 2.75) is 45.1 Å². The molecule has 0 aliphatic carbocycles. The van der Waals surface area contributed by atoms with E-state index in [-0.39, 0.29) is 5.92 Å². The van der Waals surface area contributed by atoms with Crippen LogP contribution in [0.3, 0.4) is 0 Å². The van der Waals surface area contributed by atoms with Crippen LogP contribution in [0.1, 0.15) is 37.8 Å². The number of hydrogen-bond donors (Lipinski definition) is 0. The largest absolute Gasteiger partial charge is 0.481 e. The minimum Gasteiger partial charge on any atom is -0.481 e. The lowest BCUT2D eigenvalue weighted by molar-refractivity contribution is -0.191. The topological polar surface area (TPSA) is 9.23 Å². The monoisotopic (exact) mass is 300 g/mol. The molecular formula is C13H14F6O. The molecule has 0 amide bonds. The van der Waals surface area contributed by atoms with Gasteiger partial charge in [-0.2, -0.15) is 26.3 Å². The number of rotatable bonds is 3. The van der Waals surface area contributed by atoms with Crippen LogP contribution in [-0.2, 0) is 6.18 Å². The lowest BCUT2D eigenvalue weighted by Gasteiger charge is -2.21. The molecule has 0 aliphatic rings. The molecule has 0 bridgehead atoms. The Morgan fingerprint density at radius 3 is 1.90 bits per heavy atom. The second kappa shape index (κ2) is 5.54. The summed E-state index contributed by atoms with van der Waals surface area (Å²) in [7, 11) is 0. The predicted molar refractivity (Wildman–Crippen MR) is 61.7 cm³/mol. The van der Waals surface area contributed by atoms with Crippen molar-refractivity contribution in [3.8, 4) is 5.75 Å². The van der Waals surface area contributed by atoms with Gasteiger partial charge in [0, 0.05) is 0 Å². The Balaban J connectivity index is 3.20. The summed E-state index contributed by atoms with van der Waals surface area (Å²) in [6, 6.07) is 3.09. The zero-order valence-corrected chi connectivity index (χ0v) is 11.1. The zero-order valence-electron chi connectivity index (χ0n) is 11.1. The smallest absolute Gasteiger partial charge is 0.425 e. The van der Waals surface area contributed by atoms with Crippen LogP contribution in [0, 0.1) is 0 Å². The van der Waals surface area contributed by atoms with Crippen LogP contribution in [0.2, 0.25) is 0 Å². The van der Waals surface area contributed by atoms with E-state index in [4.69, 9.17) is 0 Å². The van der Waals surface area contributed by atoms with E-state index in [0.717, 1.165) is 12.1 Å². The standard InChI is InChI=1S/C13H14F6O/c1-7(2)9-4-5-11(10(6-9)13(17,18)19)20-8(3)12(14,15)16/h4-8H,1-3H3. The quantitative estimate of drug-likeness (QED) is 0.701. The normalized spacial score (nSPS) is 14.5. The average molecular weight is 300 g/mol. The molecule has 0 aliphatic heterocycles. The summed E-state index contributed by atoms with van der Waals surface area (Å²) in [5.41, 5.74) is -0.816. The van der Waals surface area contributed by atoms with Crippen molar-refractivity contribution in [3.05, 3.63) is 29.3 Å². The molecule has 1 unspecified atom stereocenters. The molecule has 0 saturated heterocycles. The Bertz CT molecular complexity index is 461. The van der Waals surface area contributed by atoms with Gasteiger partial charge >= 0.3 is 12.4 Å². The Kier molecular flexibility index (Phi) is 4.61. The third-order valence-corrected chi connectivity index (χ3v) is 2.74. The number of ether oxygens (including phenoxy) is 1. The SMILES string of the molecule is CC(C)c1ccc(OC(C)C(F)(F)F)c(C(F)(F)F)c1. The third-order valence-electron chi connectivity index (χ3n) is 2.74.